The SMILES string of the molecule is CCNC(=NCc1nccn1CC(C)C)N1CCC(N2CCCC2)C1. The Morgan fingerprint density at radius 1 is 1.32 bits per heavy atom. The Balaban J connectivity index is 1.62. The Bertz CT molecular complexity index is 558. The highest BCUT2D eigenvalue weighted by Crippen LogP contribution is 2.20. The maximum Gasteiger partial charge on any atom is 0.194 e. The van der Waals surface area contributed by atoms with E-state index in [-0.39, 0.29) is 0 Å². The van der Waals surface area contributed by atoms with E-state index in [1.807, 2.05) is 6.20 Å². The summed E-state index contributed by atoms with van der Waals surface area (Å²) < 4.78 is 2.23. The molecule has 6 heteroatoms. The minimum Gasteiger partial charge on any atom is -0.357 e. The van der Waals surface area contributed by atoms with Crippen molar-refractivity contribution >= 4 is 5.96 Å². The van der Waals surface area contributed by atoms with Gasteiger partial charge in [-0.25, -0.2) is 9.98 Å². The van der Waals surface area contributed by atoms with Crippen LogP contribution in [0.25, 0.3) is 0 Å². The lowest BCUT2D eigenvalue weighted by Crippen LogP contribution is -2.42. The molecule has 2 saturated heterocycles. The average molecular weight is 347 g/mol. The van der Waals surface area contributed by atoms with Crippen LogP contribution in [0.5, 0.6) is 0 Å². The number of aromatic nitrogens is 2. The Kier molecular flexibility index (Phi) is 6.34. The molecule has 2 aliphatic heterocycles. The van der Waals surface area contributed by atoms with E-state index in [4.69, 9.17) is 4.99 Å². The molecule has 0 saturated carbocycles. The summed E-state index contributed by atoms with van der Waals surface area (Å²) >= 11 is 0. The van der Waals surface area contributed by atoms with Crippen LogP contribution in [0, 0.1) is 5.92 Å². The van der Waals surface area contributed by atoms with Gasteiger partial charge in [0.25, 0.3) is 0 Å². The van der Waals surface area contributed by atoms with Gasteiger partial charge in [0.1, 0.15) is 12.4 Å². The number of nitrogens with zero attached hydrogens (tertiary/aromatic N) is 5. The van der Waals surface area contributed by atoms with Crippen LogP contribution in [0.3, 0.4) is 0 Å². The first kappa shape index (κ1) is 18.2. The molecular formula is C19H34N6. The maximum atomic E-state index is 4.90. The molecule has 1 atom stereocenters. The molecule has 2 fully saturated rings. The van der Waals surface area contributed by atoms with Crippen LogP contribution in [-0.4, -0.2) is 64.1 Å². The zero-order chi connectivity index (χ0) is 17.6. The quantitative estimate of drug-likeness (QED) is 0.633. The van der Waals surface area contributed by atoms with Gasteiger partial charge in [0.15, 0.2) is 5.96 Å². The largest absolute Gasteiger partial charge is 0.357 e. The number of hydrogen-bond donors (Lipinski definition) is 1. The topological polar surface area (TPSA) is 48.7 Å². The molecular weight excluding hydrogens is 312 g/mol. The predicted molar refractivity (Wildman–Crippen MR) is 103 cm³/mol. The summed E-state index contributed by atoms with van der Waals surface area (Å²) in [6.07, 6.45) is 7.94. The van der Waals surface area contributed by atoms with Crippen LogP contribution in [0.4, 0.5) is 0 Å². The van der Waals surface area contributed by atoms with Crippen molar-refractivity contribution in [3.63, 3.8) is 0 Å². The summed E-state index contributed by atoms with van der Waals surface area (Å²) in [5, 5.41) is 3.48. The highest BCUT2D eigenvalue weighted by molar-refractivity contribution is 5.80. The van der Waals surface area contributed by atoms with E-state index in [9.17, 15) is 0 Å². The van der Waals surface area contributed by atoms with Gasteiger partial charge in [-0.3, -0.25) is 4.90 Å². The molecule has 1 aromatic rings. The highest BCUT2D eigenvalue weighted by Gasteiger charge is 2.30. The van der Waals surface area contributed by atoms with Gasteiger partial charge in [-0.1, -0.05) is 13.8 Å². The first-order chi connectivity index (χ1) is 12.2. The number of aliphatic imine (C=N–C) groups is 1. The molecule has 6 nitrogen and oxygen atoms in total. The normalized spacial score (nSPS) is 22.3. The van der Waals surface area contributed by atoms with Crippen molar-refractivity contribution in [2.45, 2.75) is 59.2 Å². The molecule has 1 N–H and O–H groups in total. The smallest absolute Gasteiger partial charge is 0.194 e. The summed E-state index contributed by atoms with van der Waals surface area (Å²) in [4.78, 5) is 14.5. The third-order valence-corrected chi connectivity index (χ3v) is 5.19. The van der Waals surface area contributed by atoms with E-state index in [1.54, 1.807) is 0 Å². The second kappa shape index (κ2) is 8.70. The molecule has 0 aliphatic carbocycles. The van der Waals surface area contributed by atoms with Gasteiger partial charge < -0.3 is 14.8 Å². The van der Waals surface area contributed by atoms with E-state index < -0.39 is 0 Å². The van der Waals surface area contributed by atoms with Gasteiger partial charge in [-0.2, -0.15) is 0 Å². The first-order valence-corrected chi connectivity index (χ1v) is 9.94. The lowest BCUT2D eigenvalue weighted by Gasteiger charge is -2.25. The van der Waals surface area contributed by atoms with E-state index in [1.165, 1.54) is 32.4 Å². The molecule has 3 heterocycles. The van der Waals surface area contributed by atoms with Crippen molar-refractivity contribution in [3.8, 4) is 0 Å². The average Bonchev–Trinajstić information content (AvgIpc) is 3.32. The summed E-state index contributed by atoms with van der Waals surface area (Å²) in [5.74, 6) is 2.72. The Morgan fingerprint density at radius 3 is 2.84 bits per heavy atom. The summed E-state index contributed by atoms with van der Waals surface area (Å²) in [6, 6.07) is 0.703. The van der Waals surface area contributed by atoms with E-state index in [2.05, 4.69) is 51.6 Å². The van der Waals surface area contributed by atoms with Crippen LogP contribution >= 0.6 is 0 Å². The van der Waals surface area contributed by atoms with Crippen molar-refractivity contribution in [1.29, 1.82) is 0 Å². The van der Waals surface area contributed by atoms with E-state index >= 15 is 0 Å². The van der Waals surface area contributed by atoms with Crippen LogP contribution in [0.15, 0.2) is 17.4 Å². The minimum atomic E-state index is 0.616. The van der Waals surface area contributed by atoms with Gasteiger partial charge in [0, 0.05) is 44.6 Å². The fourth-order valence-corrected chi connectivity index (χ4v) is 3.96. The minimum absolute atomic E-state index is 0.616. The number of rotatable bonds is 6. The molecule has 0 aromatic carbocycles. The van der Waals surface area contributed by atoms with E-state index in [0.717, 1.165) is 38.0 Å². The zero-order valence-electron chi connectivity index (χ0n) is 16.1. The van der Waals surface area contributed by atoms with Crippen molar-refractivity contribution < 1.29 is 0 Å². The Hall–Kier alpha value is -1.56. The fraction of sp³-hybridized carbons (Fsp3) is 0.789. The number of nitrogens with one attached hydrogen (secondary N) is 1. The monoisotopic (exact) mass is 346 g/mol. The second-order valence-electron chi connectivity index (χ2n) is 7.69. The Morgan fingerprint density at radius 2 is 2.12 bits per heavy atom. The van der Waals surface area contributed by atoms with Gasteiger partial charge in [0.05, 0.1) is 0 Å². The third kappa shape index (κ3) is 4.75. The number of likely N-dealkylation sites (tertiary alicyclic amines) is 2. The molecule has 140 valence electrons. The lowest BCUT2D eigenvalue weighted by molar-refractivity contribution is 0.249. The van der Waals surface area contributed by atoms with Crippen molar-refractivity contribution in [1.82, 2.24) is 24.7 Å². The van der Waals surface area contributed by atoms with Gasteiger partial charge >= 0.3 is 0 Å². The fourth-order valence-electron chi connectivity index (χ4n) is 3.96. The van der Waals surface area contributed by atoms with Crippen molar-refractivity contribution in [2.75, 3.05) is 32.7 Å². The molecule has 0 bridgehead atoms. The molecule has 0 spiro atoms. The number of guanidine groups is 1. The lowest BCUT2D eigenvalue weighted by atomic mass is 10.2. The second-order valence-corrected chi connectivity index (χ2v) is 7.69. The Labute approximate surface area is 152 Å². The molecule has 0 amide bonds. The molecule has 25 heavy (non-hydrogen) atoms. The van der Waals surface area contributed by atoms with Gasteiger partial charge in [-0.05, 0) is 45.2 Å². The highest BCUT2D eigenvalue weighted by atomic mass is 15.3. The predicted octanol–water partition coefficient (Wildman–Crippen LogP) is 2.17. The van der Waals surface area contributed by atoms with Gasteiger partial charge in [-0.15, -0.1) is 0 Å². The van der Waals surface area contributed by atoms with Crippen LogP contribution in [0.1, 0.15) is 45.9 Å². The molecule has 3 rings (SSSR count). The summed E-state index contributed by atoms with van der Waals surface area (Å²) in [5.41, 5.74) is 0. The van der Waals surface area contributed by atoms with Crippen LogP contribution in [-0.2, 0) is 13.1 Å². The third-order valence-electron chi connectivity index (χ3n) is 5.19. The molecule has 1 aromatic heterocycles. The summed E-state index contributed by atoms with van der Waals surface area (Å²) in [7, 11) is 0. The van der Waals surface area contributed by atoms with Crippen molar-refractivity contribution in [2.24, 2.45) is 10.9 Å². The summed E-state index contributed by atoms with van der Waals surface area (Å²) in [6.45, 7) is 13.9. The molecule has 2 aliphatic rings. The van der Waals surface area contributed by atoms with Gasteiger partial charge in [0.2, 0.25) is 0 Å². The maximum absolute atomic E-state index is 4.90. The first-order valence-electron chi connectivity index (χ1n) is 9.94. The zero-order valence-corrected chi connectivity index (χ0v) is 16.1. The van der Waals surface area contributed by atoms with Crippen LogP contribution in [0.2, 0.25) is 0 Å². The van der Waals surface area contributed by atoms with Crippen molar-refractivity contribution in [3.05, 3.63) is 18.2 Å². The standard InChI is InChI=1S/C19H34N6/c1-4-20-19(22-13-18-21-8-12-24(18)14-16(2)3)25-11-7-17(15-25)23-9-5-6-10-23/h8,12,16-17H,4-7,9-11,13-15H2,1-3H3,(H,20,22). The molecule has 1 unspecified atom stereocenters. The van der Waals surface area contributed by atoms with Crippen LogP contribution < -0.4 is 5.32 Å². The van der Waals surface area contributed by atoms with E-state index in [0.29, 0.717) is 18.5 Å². The molecule has 0 radical (unpaired) electrons. The number of imidazole rings is 1. The number of hydrogen-bond acceptors (Lipinski definition) is 3.